The van der Waals surface area contributed by atoms with Gasteiger partial charge in [0.15, 0.2) is 0 Å². The molecule has 0 bridgehead atoms. The Balaban J connectivity index is 2.21. The molecule has 0 saturated carbocycles. The Bertz CT molecular complexity index is 1200. The molecule has 0 aromatic heterocycles. The number of hydrogen-bond donors (Lipinski definition) is 1. The molecule has 0 spiro atoms. The van der Waals surface area contributed by atoms with Gasteiger partial charge in [0, 0.05) is 25.0 Å². The van der Waals surface area contributed by atoms with Crippen LogP contribution in [0.1, 0.15) is 46.1 Å². The van der Waals surface area contributed by atoms with E-state index < -0.39 is 21.6 Å². The van der Waals surface area contributed by atoms with Gasteiger partial charge in [-0.15, -0.1) is 0 Å². The van der Waals surface area contributed by atoms with Gasteiger partial charge in [-0.05, 0) is 76.1 Å². The number of ether oxygens (including phenoxy) is 1. The lowest BCUT2D eigenvalue weighted by atomic mass is 10.1. The molecule has 11 heteroatoms. The molecule has 0 radical (unpaired) electrons. The molecule has 2 aromatic carbocycles. The summed E-state index contributed by atoms with van der Waals surface area (Å²) < 4.78 is 31.3. The van der Waals surface area contributed by atoms with E-state index in [1.807, 2.05) is 20.8 Å². The van der Waals surface area contributed by atoms with Crippen molar-refractivity contribution in [3.8, 4) is 5.75 Å². The zero-order valence-electron chi connectivity index (χ0n) is 22.0. The molecule has 2 amide bonds. The number of anilines is 1. The molecule has 0 aliphatic carbocycles. The highest BCUT2D eigenvalue weighted by Gasteiger charge is 2.28. The number of carbonyl (C=O) groups is 2. The molecule has 0 unspecified atom stereocenters. The van der Waals surface area contributed by atoms with E-state index in [9.17, 15) is 18.0 Å². The third-order valence-corrected chi connectivity index (χ3v) is 7.45. The number of nitrogens with one attached hydrogen (secondary N) is 1. The third kappa shape index (κ3) is 9.39. The van der Waals surface area contributed by atoms with Gasteiger partial charge in [-0.25, -0.2) is 8.42 Å². The fourth-order valence-electron chi connectivity index (χ4n) is 3.64. The summed E-state index contributed by atoms with van der Waals surface area (Å²) in [4.78, 5) is 27.8. The molecule has 2 rings (SSSR count). The minimum Gasteiger partial charge on any atom is -0.497 e. The summed E-state index contributed by atoms with van der Waals surface area (Å²) in [5, 5.41) is 3.65. The second kappa shape index (κ2) is 12.8. The van der Waals surface area contributed by atoms with Gasteiger partial charge in [0.05, 0.1) is 29.1 Å². The monoisotopic (exact) mass is 571 g/mol. The van der Waals surface area contributed by atoms with Crippen LogP contribution in [0.5, 0.6) is 5.75 Å². The number of amides is 2. The lowest BCUT2D eigenvalue weighted by molar-refractivity contribution is -0.141. The Morgan fingerprint density at radius 3 is 2.19 bits per heavy atom. The van der Waals surface area contributed by atoms with E-state index in [1.54, 1.807) is 49.4 Å². The van der Waals surface area contributed by atoms with Crippen LogP contribution in [-0.2, 0) is 26.2 Å². The van der Waals surface area contributed by atoms with Crippen LogP contribution < -0.4 is 14.4 Å². The van der Waals surface area contributed by atoms with Crippen molar-refractivity contribution in [3.63, 3.8) is 0 Å². The third-order valence-electron chi connectivity index (χ3n) is 5.52. The second-order valence-electron chi connectivity index (χ2n) is 9.82. The van der Waals surface area contributed by atoms with Gasteiger partial charge in [-0.1, -0.05) is 29.3 Å². The Hall–Kier alpha value is -2.49. The van der Waals surface area contributed by atoms with Gasteiger partial charge >= 0.3 is 0 Å². The maximum Gasteiger partial charge on any atom is 0.242 e. The molecule has 1 N–H and O–H groups in total. The summed E-state index contributed by atoms with van der Waals surface area (Å²) in [6, 6.07) is 10.9. The number of carbonyl (C=O) groups excluding carboxylic acids is 2. The molecule has 2 aromatic rings. The molecule has 0 saturated heterocycles. The number of benzene rings is 2. The van der Waals surface area contributed by atoms with Crippen LogP contribution in [-0.4, -0.2) is 56.6 Å². The van der Waals surface area contributed by atoms with Crippen molar-refractivity contribution < 1.29 is 22.7 Å². The van der Waals surface area contributed by atoms with E-state index in [0.29, 0.717) is 27.0 Å². The van der Waals surface area contributed by atoms with Crippen LogP contribution in [0.15, 0.2) is 42.5 Å². The van der Waals surface area contributed by atoms with Crippen LogP contribution in [0.25, 0.3) is 0 Å². The summed E-state index contributed by atoms with van der Waals surface area (Å²) in [7, 11) is -2.06. The van der Waals surface area contributed by atoms with Gasteiger partial charge in [0.25, 0.3) is 0 Å². The molecule has 8 nitrogen and oxygen atoms in total. The van der Waals surface area contributed by atoms with Crippen molar-refractivity contribution in [1.82, 2.24) is 10.2 Å². The van der Waals surface area contributed by atoms with Gasteiger partial charge in [-0.3, -0.25) is 13.9 Å². The van der Waals surface area contributed by atoms with Crippen molar-refractivity contribution >= 4 is 50.7 Å². The highest BCUT2D eigenvalue weighted by atomic mass is 35.5. The smallest absolute Gasteiger partial charge is 0.242 e. The van der Waals surface area contributed by atoms with Crippen LogP contribution in [0.4, 0.5) is 5.69 Å². The molecule has 0 aliphatic rings. The number of methoxy groups -OCH3 is 1. The summed E-state index contributed by atoms with van der Waals surface area (Å²) in [5.41, 5.74) is 0.716. The number of hydrogen-bond acceptors (Lipinski definition) is 5. The van der Waals surface area contributed by atoms with Crippen LogP contribution in [0.3, 0.4) is 0 Å². The topological polar surface area (TPSA) is 96.0 Å². The van der Waals surface area contributed by atoms with E-state index >= 15 is 0 Å². The molecule has 0 aliphatic heterocycles. The largest absolute Gasteiger partial charge is 0.497 e. The van der Waals surface area contributed by atoms with Crippen molar-refractivity contribution in [2.45, 2.75) is 58.7 Å². The van der Waals surface area contributed by atoms with Gasteiger partial charge in [-0.2, -0.15) is 0 Å². The number of halogens is 2. The average molecular weight is 573 g/mol. The first kappa shape index (κ1) is 30.7. The first-order chi connectivity index (χ1) is 17.1. The average Bonchev–Trinajstić information content (AvgIpc) is 2.80. The summed E-state index contributed by atoms with van der Waals surface area (Å²) >= 11 is 12.2. The highest BCUT2D eigenvalue weighted by molar-refractivity contribution is 7.92. The maximum absolute atomic E-state index is 13.4. The Morgan fingerprint density at radius 2 is 1.68 bits per heavy atom. The van der Waals surface area contributed by atoms with Crippen LogP contribution in [0, 0.1) is 0 Å². The predicted octanol–water partition coefficient (Wildman–Crippen LogP) is 4.88. The molecule has 204 valence electrons. The minimum absolute atomic E-state index is 0.0383. The number of nitrogens with zero attached hydrogens (tertiary/aromatic N) is 2. The Morgan fingerprint density at radius 1 is 1.05 bits per heavy atom. The van der Waals surface area contributed by atoms with E-state index in [0.717, 1.165) is 6.26 Å². The standard InChI is InChI=1S/C26H35Cl2N3O5S/c1-18(25(33)29-26(2,3)4)30(17-19-9-14-22(27)23(28)16-19)24(32)8-7-15-31(37(6,34)35)20-10-12-21(36-5)13-11-20/h9-14,16,18H,7-8,15,17H2,1-6H3,(H,29,33)/t18-/m0/s1. The first-order valence-electron chi connectivity index (χ1n) is 11.8. The van der Waals surface area contributed by atoms with Crippen LogP contribution in [0.2, 0.25) is 10.0 Å². The van der Waals surface area contributed by atoms with Crippen molar-refractivity contribution in [2.75, 3.05) is 24.2 Å². The maximum atomic E-state index is 13.4. The number of rotatable bonds is 11. The van der Waals surface area contributed by atoms with E-state index in [4.69, 9.17) is 27.9 Å². The zero-order chi connectivity index (χ0) is 28.0. The molecular formula is C26H35Cl2N3O5S. The fraction of sp³-hybridized carbons (Fsp3) is 0.462. The first-order valence-corrected chi connectivity index (χ1v) is 14.4. The second-order valence-corrected chi connectivity index (χ2v) is 12.5. The summed E-state index contributed by atoms with van der Waals surface area (Å²) in [6.07, 6.45) is 1.41. The molecule has 0 fully saturated rings. The lowest BCUT2D eigenvalue weighted by Gasteiger charge is -2.32. The van der Waals surface area contributed by atoms with E-state index in [1.165, 1.54) is 16.3 Å². The van der Waals surface area contributed by atoms with Gasteiger partial charge in [0.2, 0.25) is 21.8 Å². The summed E-state index contributed by atoms with van der Waals surface area (Å²) in [6.45, 7) is 7.49. The zero-order valence-corrected chi connectivity index (χ0v) is 24.4. The van der Waals surface area contributed by atoms with E-state index in [-0.39, 0.29) is 37.7 Å². The Labute approximate surface area is 229 Å². The highest BCUT2D eigenvalue weighted by Crippen LogP contribution is 2.25. The van der Waals surface area contributed by atoms with Crippen molar-refractivity contribution in [1.29, 1.82) is 0 Å². The normalized spacial score (nSPS) is 12.5. The minimum atomic E-state index is -3.59. The van der Waals surface area contributed by atoms with Gasteiger partial charge < -0.3 is 15.0 Å². The van der Waals surface area contributed by atoms with Crippen molar-refractivity contribution in [2.24, 2.45) is 0 Å². The Kier molecular flexibility index (Phi) is 10.7. The van der Waals surface area contributed by atoms with Crippen LogP contribution >= 0.6 is 23.2 Å². The number of sulfonamides is 1. The molecule has 1 atom stereocenters. The molecular weight excluding hydrogens is 537 g/mol. The van der Waals surface area contributed by atoms with Gasteiger partial charge in [0.1, 0.15) is 11.8 Å². The molecule has 0 heterocycles. The fourth-order valence-corrected chi connectivity index (χ4v) is 4.93. The SMILES string of the molecule is COc1ccc(N(CCCC(=O)N(Cc2ccc(Cl)c(Cl)c2)[C@@H](C)C(=O)NC(C)(C)C)S(C)(=O)=O)cc1. The summed E-state index contributed by atoms with van der Waals surface area (Å²) in [5.74, 6) is 0.0237. The predicted molar refractivity (Wildman–Crippen MR) is 149 cm³/mol. The molecule has 37 heavy (non-hydrogen) atoms. The van der Waals surface area contributed by atoms with E-state index in [2.05, 4.69) is 5.32 Å². The quantitative estimate of drug-likeness (QED) is 0.414. The van der Waals surface area contributed by atoms with Crippen molar-refractivity contribution in [3.05, 3.63) is 58.1 Å². The lowest BCUT2D eigenvalue weighted by Crippen LogP contribution is -2.52.